The van der Waals surface area contributed by atoms with Crippen LogP contribution in [0.3, 0.4) is 0 Å². The summed E-state index contributed by atoms with van der Waals surface area (Å²) >= 11 is 0. The maximum Gasteiger partial charge on any atom is 0.338 e. The van der Waals surface area contributed by atoms with Crippen molar-refractivity contribution in [2.24, 2.45) is 5.73 Å². The first-order valence-corrected chi connectivity index (χ1v) is 3.10. The van der Waals surface area contributed by atoms with E-state index in [9.17, 15) is 4.57 Å². The lowest BCUT2D eigenvalue weighted by Gasteiger charge is -1.92. The van der Waals surface area contributed by atoms with E-state index >= 15 is 0 Å². The largest absolute Gasteiger partial charge is 0.338 e. The Bertz CT molecular complexity index is 79.0. The van der Waals surface area contributed by atoms with Gasteiger partial charge in [0.1, 0.15) is 0 Å². The summed E-state index contributed by atoms with van der Waals surface area (Å²) < 4.78 is 9.57. The Balaban J connectivity index is 0. The van der Waals surface area contributed by atoms with Gasteiger partial charge in [-0.25, -0.2) is 0 Å². The van der Waals surface area contributed by atoms with Crippen molar-refractivity contribution in [2.45, 2.75) is 0 Å². The lowest BCUT2D eigenvalue weighted by Crippen LogP contribution is -1.97. The Morgan fingerprint density at radius 3 is 1.71 bits per heavy atom. The number of rotatable bonds is 1. The van der Waals surface area contributed by atoms with E-state index in [0.717, 1.165) is 0 Å². The van der Waals surface area contributed by atoms with Crippen LogP contribution in [0.2, 0.25) is 0 Å². The van der Waals surface area contributed by atoms with Crippen LogP contribution in [0, 0.1) is 0 Å². The summed E-state index contributed by atoms with van der Waals surface area (Å²) in [5.74, 6) is 0. The lowest BCUT2D eigenvalue weighted by molar-refractivity contribution is 0.374. The van der Waals surface area contributed by atoms with Crippen LogP contribution in [0.1, 0.15) is 0 Å². The van der Waals surface area contributed by atoms with Gasteiger partial charge in [0, 0.05) is 0 Å². The zero-order valence-electron chi connectivity index (χ0n) is 3.03. The summed E-state index contributed by atoms with van der Waals surface area (Å²) in [5.41, 5.74) is 4.54. The second kappa shape index (κ2) is 3.83. The van der Waals surface area contributed by atoms with E-state index in [0.29, 0.717) is 0 Å². The highest BCUT2D eigenvalue weighted by Gasteiger charge is 2.05. The topological polar surface area (TPSA) is 83.6 Å². The van der Waals surface area contributed by atoms with Crippen molar-refractivity contribution >= 4 is 30.6 Å². The predicted octanol–water partition coefficient (Wildman–Crippen LogP) is -1.84. The quantitative estimate of drug-likeness (QED) is 0.293. The lowest BCUT2D eigenvalue weighted by atomic mass is 11.6. The molecule has 0 saturated carbocycles. The summed E-state index contributed by atoms with van der Waals surface area (Å²) in [6.45, 7) is 0. The molecule has 0 fully saturated rings. The van der Waals surface area contributed by atoms with Gasteiger partial charge in [0.05, 0.1) is 6.29 Å². The average Bonchev–Trinajstić information content (AvgIpc) is 1.35. The number of hydrogen-bond donors (Lipinski definition) is 3. The molecule has 0 atom stereocenters. The van der Waals surface area contributed by atoms with Crippen molar-refractivity contribution in [1.82, 2.24) is 0 Å². The Hall–Kier alpha value is 0.876. The van der Waals surface area contributed by atoms with Crippen LogP contribution in [0.25, 0.3) is 0 Å². The first-order chi connectivity index (χ1) is 2.56. The van der Waals surface area contributed by atoms with E-state index < -0.39 is 13.9 Å². The van der Waals surface area contributed by atoms with Crippen LogP contribution in [0.5, 0.6) is 0 Å². The van der Waals surface area contributed by atoms with Crippen molar-refractivity contribution < 1.29 is 14.4 Å². The molecule has 0 heterocycles. The SMILES string of the molecule is NCP(=O)(O)O.[MgH2]. The molecule has 0 bridgehead atoms. The highest BCUT2D eigenvalue weighted by molar-refractivity contribution is 7.51. The highest BCUT2D eigenvalue weighted by atomic mass is 31.2. The van der Waals surface area contributed by atoms with Crippen molar-refractivity contribution in [1.29, 1.82) is 0 Å². The molecule has 0 aromatic heterocycles. The standard InChI is InChI=1S/CH6NO3P.Mg.2H/c2-1-6(3,4)5;;;/h1-2H2,(H2,3,4,5);;;. The maximum absolute atomic E-state index is 9.57. The van der Waals surface area contributed by atoms with Gasteiger partial charge in [0.15, 0.2) is 0 Å². The summed E-state index contributed by atoms with van der Waals surface area (Å²) in [7, 11) is -3.87. The summed E-state index contributed by atoms with van der Waals surface area (Å²) in [6, 6.07) is 0. The first kappa shape index (κ1) is 10.8. The Labute approximate surface area is 57.4 Å². The van der Waals surface area contributed by atoms with E-state index in [1.165, 1.54) is 0 Å². The Morgan fingerprint density at radius 2 is 1.71 bits per heavy atom. The Kier molecular flexibility index (Phi) is 5.90. The van der Waals surface area contributed by atoms with Gasteiger partial charge in [0.25, 0.3) is 0 Å². The third-order valence-electron chi connectivity index (χ3n) is 0.238. The molecule has 0 aliphatic carbocycles. The number of hydrogen-bond acceptors (Lipinski definition) is 2. The van der Waals surface area contributed by atoms with Gasteiger partial charge < -0.3 is 15.5 Å². The molecule has 0 aromatic carbocycles. The van der Waals surface area contributed by atoms with Gasteiger partial charge in [-0.3, -0.25) is 4.57 Å². The first-order valence-electron chi connectivity index (χ1n) is 1.31. The van der Waals surface area contributed by atoms with Crippen LogP contribution < -0.4 is 5.73 Å². The van der Waals surface area contributed by atoms with Crippen molar-refractivity contribution in [3.05, 3.63) is 0 Å². The molecule has 0 saturated heterocycles. The van der Waals surface area contributed by atoms with Crippen LogP contribution in [0.15, 0.2) is 0 Å². The van der Waals surface area contributed by atoms with E-state index in [1.807, 2.05) is 0 Å². The predicted molar refractivity (Wildman–Crippen MR) is 29.6 cm³/mol. The molecule has 0 amide bonds. The highest BCUT2D eigenvalue weighted by Crippen LogP contribution is 2.30. The van der Waals surface area contributed by atoms with Crippen LogP contribution >= 0.6 is 7.60 Å². The molecular formula is CH8MgNO3P. The van der Waals surface area contributed by atoms with Crippen molar-refractivity contribution in [2.75, 3.05) is 6.29 Å². The van der Waals surface area contributed by atoms with E-state index in [2.05, 4.69) is 5.73 Å². The summed E-state index contributed by atoms with van der Waals surface area (Å²) in [5, 5.41) is 0. The molecule has 4 nitrogen and oxygen atoms in total. The van der Waals surface area contributed by atoms with E-state index in [-0.39, 0.29) is 23.1 Å². The van der Waals surface area contributed by atoms with Gasteiger partial charge in [0.2, 0.25) is 0 Å². The van der Waals surface area contributed by atoms with Gasteiger partial charge in [-0.1, -0.05) is 0 Å². The molecule has 0 aliphatic rings. The fourth-order valence-electron chi connectivity index (χ4n) is 0. The molecule has 0 aliphatic heterocycles. The Morgan fingerprint density at radius 1 is 1.57 bits per heavy atom. The van der Waals surface area contributed by atoms with Gasteiger partial charge >= 0.3 is 30.6 Å². The van der Waals surface area contributed by atoms with Crippen molar-refractivity contribution in [3.63, 3.8) is 0 Å². The molecule has 6 heteroatoms. The molecule has 0 unspecified atom stereocenters. The molecular weight excluding hydrogens is 129 g/mol. The zero-order valence-corrected chi connectivity index (χ0v) is 3.93. The minimum Gasteiger partial charge on any atom is -0.324 e. The molecule has 4 N–H and O–H groups in total. The van der Waals surface area contributed by atoms with Crippen LogP contribution in [0.4, 0.5) is 0 Å². The minimum atomic E-state index is -3.87. The maximum atomic E-state index is 9.57. The van der Waals surface area contributed by atoms with E-state index in [1.54, 1.807) is 0 Å². The molecule has 0 rings (SSSR count). The third-order valence-corrected chi connectivity index (χ3v) is 0.714. The molecule has 0 aromatic rings. The fourth-order valence-corrected chi connectivity index (χ4v) is 0. The monoisotopic (exact) mass is 137 g/mol. The second-order valence-electron chi connectivity index (χ2n) is 0.847. The third kappa shape index (κ3) is 10.9. The zero-order chi connectivity index (χ0) is 5.21. The second-order valence-corrected chi connectivity index (χ2v) is 2.54. The fraction of sp³-hybridized carbons (Fsp3) is 1.00. The molecule has 42 valence electrons. The molecule has 7 heavy (non-hydrogen) atoms. The van der Waals surface area contributed by atoms with Crippen molar-refractivity contribution in [3.8, 4) is 0 Å². The average molecular weight is 137 g/mol. The van der Waals surface area contributed by atoms with Crippen LogP contribution in [-0.2, 0) is 4.57 Å². The van der Waals surface area contributed by atoms with Gasteiger partial charge in [-0.15, -0.1) is 0 Å². The summed E-state index contributed by atoms with van der Waals surface area (Å²) in [6.07, 6.45) is -0.562. The minimum absolute atomic E-state index is 0. The van der Waals surface area contributed by atoms with Crippen LogP contribution in [-0.4, -0.2) is 39.1 Å². The van der Waals surface area contributed by atoms with Gasteiger partial charge in [-0.2, -0.15) is 0 Å². The molecule has 0 radical (unpaired) electrons. The van der Waals surface area contributed by atoms with E-state index in [4.69, 9.17) is 9.79 Å². The molecule has 0 spiro atoms. The van der Waals surface area contributed by atoms with Gasteiger partial charge in [-0.05, 0) is 0 Å². The number of nitrogens with two attached hydrogens (primary N) is 1. The summed E-state index contributed by atoms with van der Waals surface area (Å²) in [4.78, 5) is 15.6. The smallest absolute Gasteiger partial charge is 0.324 e. The normalized spacial score (nSPS) is 10.1.